The molecule has 0 unspecified atom stereocenters. The van der Waals surface area contributed by atoms with Gasteiger partial charge in [-0.25, -0.2) is 8.42 Å². The topological polar surface area (TPSA) is 83.4 Å². The van der Waals surface area contributed by atoms with Gasteiger partial charge in [0.1, 0.15) is 5.76 Å². The maximum atomic E-state index is 13.5. The lowest BCUT2D eigenvalue weighted by Crippen LogP contribution is -2.32. The molecule has 160 valence electrons. The number of halogens is 1. The number of H-pyrrole nitrogens is 1. The van der Waals surface area contributed by atoms with Gasteiger partial charge in [0.15, 0.2) is 0 Å². The van der Waals surface area contributed by atoms with Crippen molar-refractivity contribution >= 4 is 36.9 Å². The summed E-state index contributed by atoms with van der Waals surface area (Å²) in [5.41, 5.74) is 1.91. The summed E-state index contributed by atoms with van der Waals surface area (Å²) in [5.74, 6) is 0.487. The van der Waals surface area contributed by atoms with Gasteiger partial charge in [-0.05, 0) is 75.8 Å². The SMILES string of the molecule is CCc1ccc2[nH]c(=O)c(CN(Cc3ccco3)S(=O)(=O)c3ccccc3Br)cc2c1. The zero-order chi connectivity index (χ0) is 22.0. The van der Waals surface area contributed by atoms with E-state index in [0.717, 1.165) is 22.9 Å². The van der Waals surface area contributed by atoms with Gasteiger partial charge >= 0.3 is 0 Å². The van der Waals surface area contributed by atoms with Crippen LogP contribution >= 0.6 is 15.9 Å². The van der Waals surface area contributed by atoms with Crippen molar-refractivity contribution in [3.63, 3.8) is 0 Å². The number of pyridine rings is 1. The fourth-order valence-corrected chi connectivity index (χ4v) is 5.77. The van der Waals surface area contributed by atoms with Crippen molar-refractivity contribution in [3.05, 3.63) is 98.6 Å². The fourth-order valence-electron chi connectivity index (χ4n) is 3.42. The molecule has 2 aromatic heterocycles. The summed E-state index contributed by atoms with van der Waals surface area (Å²) in [6.45, 7) is 1.97. The Morgan fingerprint density at radius 1 is 1.03 bits per heavy atom. The molecule has 0 radical (unpaired) electrons. The number of nitrogens with one attached hydrogen (secondary N) is 1. The molecule has 0 saturated heterocycles. The molecule has 0 atom stereocenters. The molecule has 0 aliphatic heterocycles. The van der Waals surface area contributed by atoms with Crippen LogP contribution in [0.3, 0.4) is 0 Å². The highest BCUT2D eigenvalue weighted by molar-refractivity contribution is 9.10. The van der Waals surface area contributed by atoms with Crippen molar-refractivity contribution in [2.45, 2.75) is 31.3 Å². The van der Waals surface area contributed by atoms with Crippen molar-refractivity contribution in [2.75, 3.05) is 0 Å². The van der Waals surface area contributed by atoms with Crippen LogP contribution in [-0.2, 0) is 29.5 Å². The van der Waals surface area contributed by atoms with Crippen LogP contribution in [0.15, 0.2) is 85.5 Å². The van der Waals surface area contributed by atoms with Crippen molar-refractivity contribution in [1.29, 1.82) is 0 Å². The van der Waals surface area contributed by atoms with Crippen LogP contribution in [0.2, 0.25) is 0 Å². The van der Waals surface area contributed by atoms with Gasteiger partial charge in [0.25, 0.3) is 5.56 Å². The van der Waals surface area contributed by atoms with Crippen LogP contribution in [0.1, 0.15) is 23.8 Å². The first-order valence-electron chi connectivity index (χ1n) is 9.80. The molecule has 0 amide bonds. The van der Waals surface area contributed by atoms with E-state index in [-0.39, 0.29) is 23.5 Å². The average molecular weight is 501 g/mol. The van der Waals surface area contributed by atoms with E-state index >= 15 is 0 Å². The molecule has 0 aliphatic rings. The lowest BCUT2D eigenvalue weighted by atomic mass is 10.1. The number of fused-ring (bicyclic) bond motifs is 1. The van der Waals surface area contributed by atoms with Gasteiger partial charge < -0.3 is 9.40 Å². The van der Waals surface area contributed by atoms with Crippen molar-refractivity contribution in [3.8, 4) is 0 Å². The minimum Gasteiger partial charge on any atom is -0.468 e. The third kappa shape index (κ3) is 4.51. The molecule has 0 bridgehead atoms. The molecule has 2 aromatic carbocycles. The van der Waals surface area contributed by atoms with Gasteiger partial charge in [0, 0.05) is 22.1 Å². The van der Waals surface area contributed by atoms with E-state index in [4.69, 9.17) is 4.42 Å². The molecular formula is C23H21BrN2O4S. The number of sulfonamides is 1. The number of hydrogen-bond acceptors (Lipinski definition) is 4. The maximum absolute atomic E-state index is 13.5. The van der Waals surface area contributed by atoms with E-state index in [0.29, 0.717) is 15.8 Å². The highest BCUT2D eigenvalue weighted by atomic mass is 79.9. The first-order valence-corrected chi connectivity index (χ1v) is 12.0. The van der Waals surface area contributed by atoms with E-state index in [2.05, 4.69) is 27.8 Å². The quantitative estimate of drug-likeness (QED) is 0.393. The van der Waals surface area contributed by atoms with Crippen molar-refractivity contribution in [1.82, 2.24) is 9.29 Å². The highest BCUT2D eigenvalue weighted by Gasteiger charge is 2.28. The zero-order valence-corrected chi connectivity index (χ0v) is 19.2. The number of aryl methyl sites for hydroxylation is 1. The first-order chi connectivity index (χ1) is 14.9. The van der Waals surface area contributed by atoms with Gasteiger partial charge in [-0.2, -0.15) is 4.31 Å². The summed E-state index contributed by atoms with van der Waals surface area (Å²) in [6.07, 6.45) is 2.36. The van der Waals surface area contributed by atoms with Crippen LogP contribution in [0.5, 0.6) is 0 Å². The van der Waals surface area contributed by atoms with Crippen LogP contribution in [0.25, 0.3) is 10.9 Å². The van der Waals surface area contributed by atoms with E-state index in [1.165, 1.54) is 16.6 Å². The Morgan fingerprint density at radius 3 is 2.55 bits per heavy atom. The van der Waals surface area contributed by atoms with E-state index < -0.39 is 10.0 Å². The fraction of sp³-hybridized carbons (Fsp3) is 0.174. The van der Waals surface area contributed by atoms with Gasteiger partial charge in [0.05, 0.1) is 17.7 Å². The average Bonchev–Trinajstić information content (AvgIpc) is 3.27. The summed E-state index contributed by atoms with van der Waals surface area (Å²) in [4.78, 5) is 15.7. The molecular weight excluding hydrogens is 480 g/mol. The summed E-state index contributed by atoms with van der Waals surface area (Å²) < 4.78 is 34.1. The Kier molecular flexibility index (Phi) is 6.13. The molecule has 0 saturated carbocycles. The monoisotopic (exact) mass is 500 g/mol. The number of rotatable bonds is 7. The normalized spacial score (nSPS) is 12.0. The van der Waals surface area contributed by atoms with E-state index in [1.807, 2.05) is 18.2 Å². The second-order valence-electron chi connectivity index (χ2n) is 7.18. The van der Waals surface area contributed by atoms with Crippen LogP contribution in [0.4, 0.5) is 0 Å². The van der Waals surface area contributed by atoms with Gasteiger partial charge in [-0.3, -0.25) is 4.79 Å². The second-order valence-corrected chi connectivity index (χ2v) is 9.94. The molecule has 1 N–H and O–H groups in total. The smallest absolute Gasteiger partial charge is 0.252 e. The molecule has 0 fully saturated rings. The number of nitrogens with zero attached hydrogens (tertiary/aromatic N) is 1. The number of furan rings is 1. The summed E-state index contributed by atoms with van der Waals surface area (Å²) in [7, 11) is -3.92. The predicted molar refractivity (Wildman–Crippen MR) is 123 cm³/mol. The molecule has 0 aliphatic carbocycles. The lowest BCUT2D eigenvalue weighted by Gasteiger charge is -2.22. The Bertz CT molecular complexity index is 1380. The molecule has 2 heterocycles. The maximum Gasteiger partial charge on any atom is 0.252 e. The summed E-state index contributed by atoms with van der Waals surface area (Å²) in [5, 5.41) is 0.866. The zero-order valence-electron chi connectivity index (χ0n) is 16.8. The minimum absolute atomic E-state index is 0.00312. The van der Waals surface area contributed by atoms with E-state index in [1.54, 1.807) is 36.4 Å². The molecule has 0 spiro atoms. The Labute approximate surface area is 188 Å². The Balaban J connectivity index is 1.79. The van der Waals surface area contributed by atoms with E-state index in [9.17, 15) is 13.2 Å². The summed E-state index contributed by atoms with van der Waals surface area (Å²) >= 11 is 3.33. The molecule has 4 rings (SSSR count). The Morgan fingerprint density at radius 2 is 1.84 bits per heavy atom. The number of benzene rings is 2. The minimum atomic E-state index is -3.92. The predicted octanol–water partition coefficient (Wildman–Crippen LogP) is 4.84. The number of hydrogen-bond donors (Lipinski definition) is 1. The number of aromatic amines is 1. The van der Waals surface area contributed by atoms with Crippen LogP contribution in [0, 0.1) is 0 Å². The molecule has 4 aromatic rings. The second kappa shape index (κ2) is 8.82. The molecule has 6 nitrogen and oxygen atoms in total. The molecule has 31 heavy (non-hydrogen) atoms. The Hall–Kier alpha value is -2.68. The third-order valence-corrected chi connectivity index (χ3v) is 7.91. The summed E-state index contributed by atoms with van der Waals surface area (Å²) in [6, 6.07) is 17.6. The standard InChI is InChI=1S/C23H21BrN2O4S/c1-2-16-9-10-21-17(12-16)13-18(23(27)25-21)14-26(15-19-6-5-11-30-19)31(28,29)22-8-4-3-7-20(22)24/h3-13H,2,14-15H2,1H3,(H,25,27). The van der Waals surface area contributed by atoms with Crippen molar-refractivity contribution < 1.29 is 12.8 Å². The lowest BCUT2D eigenvalue weighted by molar-refractivity contribution is 0.357. The van der Waals surface area contributed by atoms with Crippen molar-refractivity contribution in [2.24, 2.45) is 0 Å². The van der Waals surface area contributed by atoms with Crippen LogP contribution < -0.4 is 5.56 Å². The highest BCUT2D eigenvalue weighted by Crippen LogP contribution is 2.27. The first kappa shape index (κ1) is 21.5. The van der Waals surface area contributed by atoms with Crippen LogP contribution in [-0.4, -0.2) is 17.7 Å². The van der Waals surface area contributed by atoms with Gasteiger partial charge in [0.2, 0.25) is 10.0 Å². The van der Waals surface area contributed by atoms with Gasteiger partial charge in [-0.15, -0.1) is 0 Å². The third-order valence-electron chi connectivity index (χ3n) is 5.11. The van der Waals surface area contributed by atoms with Gasteiger partial charge in [-0.1, -0.05) is 25.1 Å². The molecule has 8 heteroatoms. The largest absolute Gasteiger partial charge is 0.468 e. The number of aromatic nitrogens is 1.